The number of imidazole rings is 1. The van der Waals surface area contributed by atoms with E-state index in [2.05, 4.69) is 15.0 Å². The van der Waals surface area contributed by atoms with Crippen LogP contribution in [0.4, 0.5) is 5.82 Å². The van der Waals surface area contributed by atoms with Crippen LogP contribution in [-0.4, -0.2) is 70.1 Å². The number of nitrogens with two attached hydrogens (primary N) is 3. The number of fused-ring (bicyclic) bond motifs is 1. The number of hydrogen-bond acceptors (Lipinski definition) is 14. The number of esters is 2. The van der Waals surface area contributed by atoms with Crippen LogP contribution >= 0.6 is 20.0 Å². The van der Waals surface area contributed by atoms with Crippen molar-refractivity contribution in [3.05, 3.63) is 12.7 Å². The molecule has 2 rings (SSSR count). The van der Waals surface area contributed by atoms with Gasteiger partial charge in [0.05, 0.1) is 12.9 Å². The Bertz CT molecular complexity index is 1070. The number of halogens is 1. The molecule has 222 valence electrons. The first-order valence-corrected chi connectivity index (χ1v) is 13.9. The lowest BCUT2D eigenvalue weighted by atomic mass is 10.1. The molecule has 0 radical (unpaired) electrons. The number of nitrogens with zero attached hydrogens (tertiary/aromatic N) is 4. The van der Waals surface area contributed by atoms with Gasteiger partial charge in [-0.15, -0.1) is 12.4 Å². The maximum Gasteiger partial charge on any atom is 0.361 e. The van der Waals surface area contributed by atoms with Crippen LogP contribution in [0.15, 0.2) is 12.7 Å². The van der Waals surface area contributed by atoms with Crippen molar-refractivity contribution in [1.29, 1.82) is 0 Å². The SMILES string of the molecule is CC(C)C[C@H](N)C(=O)OCOP(=O)(COCCn1cnc2c(N)ncnc21)OCOC(=O)[C@@H](N)CC(C)C.Cl. The highest BCUT2D eigenvalue weighted by Gasteiger charge is 2.28. The molecule has 0 fully saturated rings. The second kappa shape index (κ2) is 16.7. The Kier molecular flexibility index (Phi) is 14.8. The van der Waals surface area contributed by atoms with Gasteiger partial charge in [-0.25, -0.2) is 15.0 Å². The molecule has 0 spiro atoms. The van der Waals surface area contributed by atoms with Crippen molar-refractivity contribution < 1.29 is 37.4 Å². The van der Waals surface area contributed by atoms with Crippen LogP contribution in [0.25, 0.3) is 11.2 Å². The van der Waals surface area contributed by atoms with Crippen molar-refractivity contribution >= 4 is 48.9 Å². The summed E-state index contributed by atoms with van der Waals surface area (Å²) in [6.45, 7) is 6.58. The summed E-state index contributed by atoms with van der Waals surface area (Å²) in [5.74, 6) is -0.843. The van der Waals surface area contributed by atoms with E-state index in [0.29, 0.717) is 24.0 Å². The van der Waals surface area contributed by atoms with Crippen LogP contribution in [0.5, 0.6) is 0 Å². The van der Waals surface area contributed by atoms with E-state index in [1.165, 1.54) is 12.7 Å². The third kappa shape index (κ3) is 11.7. The topological polar surface area (TPSA) is 219 Å². The van der Waals surface area contributed by atoms with E-state index in [4.69, 9.17) is 40.5 Å². The van der Waals surface area contributed by atoms with Crippen molar-refractivity contribution in [1.82, 2.24) is 19.5 Å². The second-order valence-electron chi connectivity index (χ2n) is 9.41. The molecule has 0 aliphatic rings. The third-order valence-electron chi connectivity index (χ3n) is 5.11. The zero-order valence-electron chi connectivity index (χ0n) is 22.6. The maximum atomic E-state index is 13.2. The molecule has 6 N–H and O–H groups in total. The molecule has 0 bridgehead atoms. The Balaban J connectivity index is 0.00000760. The Hall–Kier alpha value is -2.39. The van der Waals surface area contributed by atoms with Gasteiger partial charge in [-0.3, -0.25) is 23.2 Å². The van der Waals surface area contributed by atoms with Gasteiger partial charge in [-0.1, -0.05) is 27.7 Å². The average molecular weight is 596 g/mol. The molecule has 0 aromatic carbocycles. The number of carbonyl (C=O) groups excluding carboxylic acids is 2. The smallest absolute Gasteiger partial charge is 0.361 e. The number of nitrogen functional groups attached to an aromatic ring is 1. The molecule has 0 aliphatic carbocycles. The Morgan fingerprint density at radius 3 is 2.00 bits per heavy atom. The summed E-state index contributed by atoms with van der Waals surface area (Å²) in [4.78, 5) is 36.3. The predicted octanol–water partition coefficient (Wildman–Crippen LogP) is 1.78. The summed E-state index contributed by atoms with van der Waals surface area (Å²) in [6, 6.07) is -1.72. The number of hydrogen-bond donors (Lipinski definition) is 3. The molecule has 0 amide bonds. The van der Waals surface area contributed by atoms with Crippen LogP contribution in [0, 0.1) is 11.8 Å². The number of rotatable bonds is 17. The van der Waals surface area contributed by atoms with Crippen LogP contribution in [0.2, 0.25) is 0 Å². The quantitative estimate of drug-likeness (QED) is 0.103. The second-order valence-corrected chi connectivity index (χ2v) is 11.4. The lowest BCUT2D eigenvalue weighted by Crippen LogP contribution is -2.34. The highest BCUT2D eigenvalue weighted by molar-refractivity contribution is 7.53. The zero-order chi connectivity index (χ0) is 28.3. The summed E-state index contributed by atoms with van der Waals surface area (Å²) in [5.41, 5.74) is 18.3. The molecule has 0 unspecified atom stereocenters. The van der Waals surface area contributed by atoms with Gasteiger partial charge in [0.2, 0.25) is 13.6 Å². The Labute approximate surface area is 233 Å². The highest BCUT2D eigenvalue weighted by Crippen LogP contribution is 2.48. The van der Waals surface area contributed by atoms with Gasteiger partial charge in [0.1, 0.15) is 30.3 Å². The van der Waals surface area contributed by atoms with E-state index in [9.17, 15) is 14.2 Å². The van der Waals surface area contributed by atoms with E-state index in [0.717, 1.165) is 0 Å². The molecule has 2 heterocycles. The molecule has 15 nitrogen and oxygen atoms in total. The monoisotopic (exact) mass is 595 g/mol. The standard InChI is InChI=1S/C22H38N7O8P.ClH/c1-14(2)7-16(23)21(30)34-11-36-38(32,37-12-35-22(31)17(24)8-15(3)4)13-33-6-5-29-10-28-18-19(25)26-9-27-20(18)29;/h9-10,14-17H,5-8,11-13,23-24H2,1-4H3,(H2,25,26,27);1H/t16-,17-;/m0./s1. The molecular formula is C22H39ClN7O8P. The third-order valence-corrected chi connectivity index (χ3v) is 6.61. The fourth-order valence-electron chi connectivity index (χ4n) is 3.27. The first-order valence-electron chi connectivity index (χ1n) is 12.1. The Morgan fingerprint density at radius 1 is 0.949 bits per heavy atom. The maximum absolute atomic E-state index is 13.2. The van der Waals surface area contributed by atoms with Gasteiger partial charge in [0.15, 0.2) is 11.5 Å². The summed E-state index contributed by atoms with van der Waals surface area (Å²) < 4.78 is 40.8. The summed E-state index contributed by atoms with van der Waals surface area (Å²) >= 11 is 0. The molecule has 0 saturated heterocycles. The molecular weight excluding hydrogens is 557 g/mol. The van der Waals surface area contributed by atoms with Crippen LogP contribution < -0.4 is 17.2 Å². The van der Waals surface area contributed by atoms with E-state index >= 15 is 0 Å². The minimum atomic E-state index is -4.04. The predicted molar refractivity (Wildman–Crippen MR) is 144 cm³/mol. The Morgan fingerprint density at radius 2 is 1.49 bits per heavy atom. The van der Waals surface area contributed by atoms with E-state index < -0.39 is 51.6 Å². The molecule has 2 aromatic rings. The van der Waals surface area contributed by atoms with Crippen LogP contribution in [0.3, 0.4) is 0 Å². The van der Waals surface area contributed by atoms with E-state index in [1.54, 1.807) is 4.57 Å². The summed E-state index contributed by atoms with van der Waals surface area (Å²) in [5, 5.41) is 0. The normalized spacial score (nSPS) is 13.3. The first-order chi connectivity index (χ1) is 17.9. The number of anilines is 1. The van der Waals surface area contributed by atoms with Crippen LogP contribution in [0.1, 0.15) is 40.5 Å². The summed E-state index contributed by atoms with van der Waals surface area (Å²) in [6.07, 6.45) is 3.12. The number of aromatic nitrogens is 4. The first kappa shape index (κ1) is 34.6. The zero-order valence-corrected chi connectivity index (χ0v) is 24.3. The largest absolute Gasteiger partial charge is 0.437 e. The minimum Gasteiger partial charge on any atom is -0.437 e. The number of carbonyl (C=O) groups is 2. The fraction of sp³-hybridized carbons (Fsp3) is 0.682. The lowest BCUT2D eigenvalue weighted by Gasteiger charge is -2.20. The van der Waals surface area contributed by atoms with Gasteiger partial charge in [0, 0.05) is 6.54 Å². The van der Waals surface area contributed by atoms with Gasteiger partial charge in [-0.2, -0.15) is 0 Å². The fourth-order valence-corrected chi connectivity index (χ4v) is 4.27. The van der Waals surface area contributed by atoms with Crippen LogP contribution in [-0.2, 0) is 44.0 Å². The lowest BCUT2D eigenvalue weighted by molar-refractivity contribution is -0.154. The molecule has 17 heteroatoms. The van der Waals surface area contributed by atoms with Crippen molar-refractivity contribution in [2.24, 2.45) is 23.3 Å². The van der Waals surface area contributed by atoms with Crippen molar-refractivity contribution in [2.45, 2.75) is 59.2 Å². The highest BCUT2D eigenvalue weighted by atomic mass is 35.5. The van der Waals surface area contributed by atoms with E-state index in [1.807, 2.05) is 27.7 Å². The minimum absolute atomic E-state index is 0. The molecule has 2 aromatic heterocycles. The molecule has 0 saturated carbocycles. The van der Waals surface area contributed by atoms with Crippen molar-refractivity contribution in [3.8, 4) is 0 Å². The van der Waals surface area contributed by atoms with Crippen molar-refractivity contribution in [3.63, 3.8) is 0 Å². The molecule has 39 heavy (non-hydrogen) atoms. The summed E-state index contributed by atoms with van der Waals surface area (Å²) in [7, 11) is -4.04. The van der Waals surface area contributed by atoms with Gasteiger partial charge < -0.3 is 36.0 Å². The number of ether oxygens (including phenoxy) is 3. The average Bonchev–Trinajstić information content (AvgIpc) is 3.25. The molecule has 0 aliphatic heterocycles. The van der Waals surface area contributed by atoms with Gasteiger partial charge in [0.25, 0.3) is 0 Å². The molecule has 2 atom stereocenters. The van der Waals surface area contributed by atoms with Crippen molar-refractivity contribution in [2.75, 3.05) is 32.3 Å². The van der Waals surface area contributed by atoms with Gasteiger partial charge >= 0.3 is 19.5 Å². The van der Waals surface area contributed by atoms with E-state index in [-0.39, 0.29) is 43.2 Å². The van der Waals surface area contributed by atoms with Gasteiger partial charge in [-0.05, 0) is 24.7 Å².